The van der Waals surface area contributed by atoms with E-state index in [2.05, 4.69) is 20.6 Å². The third-order valence-corrected chi connectivity index (χ3v) is 4.81. The van der Waals surface area contributed by atoms with Crippen LogP contribution in [0.4, 0.5) is 0 Å². The van der Waals surface area contributed by atoms with Crippen LogP contribution in [0.25, 0.3) is 11.0 Å². The molecule has 0 unspecified atom stereocenters. The van der Waals surface area contributed by atoms with Gasteiger partial charge in [-0.05, 0) is 43.8 Å². The van der Waals surface area contributed by atoms with E-state index in [0.717, 1.165) is 40.3 Å². The van der Waals surface area contributed by atoms with E-state index in [4.69, 9.17) is 0 Å². The number of hydrogen-bond donors (Lipinski definition) is 3. The van der Waals surface area contributed by atoms with E-state index in [1.165, 1.54) is 0 Å². The maximum atomic E-state index is 12.4. The van der Waals surface area contributed by atoms with E-state index < -0.39 is 0 Å². The lowest BCUT2D eigenvalue weighted by atomic mass is 10.1. The topological polar surface area (TPSA) is 69.8 Å². The molecule has 3 N–H and O–H groups in total. The number of aromatic nitrogens is 2. The van der Waals surface area contributed by atoms with Crippen LogP contribution in [0, 0.1) is 0 Å². The summed E-state index contributed by atoms with van der Waals surface area (Å²) in [5.41, 5.74) is 3.73. The molecule has 0 fully saturated rings. The summed E-state index contributed by atoms with van der Waals surface area (Å²) in [6, 6.07) is 15.7. The van der Waals surface area contributed by atoms with E-state index in [-0.39, 0.29) is 30.7 Å². The average Bonchev–Trinajstić information content (AvgIpc) is 3.06. The Morgan fingerprint density at radius 1 is 1.07 bits per heavy atom. The number of amides is 1. The molecular formula is C19H24Cl2N4OS. The maximum absolute atomic E-state index is 12.4. The molecule has 3 aromatic rings. The molecular weight excluding hydrogens is 403 g/mol. The fourth-order valence-electron chi connectivity index (χ4n) is 2.57. The van der Waals surface area contributed by atoms with E-state index in [0.29, 0.717) is 12.3 Å². The number of thioether (sulfide) groups is 1. The van der Waals surface area contributed by atoms with Crippen LogP contribution in [-0.4, -0.2) is 36.0 Å². The van der Waals surface area contributed by atoms with Gasteiger partial charge in [-0.2, -0.15) is 0 Å². The molecule has 1 amide bonds. The summed E-state index contributed by atoms with van der Waals surface area (Å²) in [5.74, 6) is 0.678. The highest BCUT2D eigenvalue weighted by molar-refractivity contribution is 7.98. The minimum absolute atomic E-state index is 0. The van der Waals surface area contributed by atoms with Crippen molar-refractivity contribution in [1.29, 1.82) is 0 Å². The van der Waals surface area contributed by atoms with Crippen LogP contribution in [0.2, 0.25) is 0 Å². The van der Waals surface area contributed by atoms with E-state index in [1.807, 2.05) is 55.6 Å². The van der Waals surface area contributed by atoms with E-state index in [1.54, 1.807) is 11.8 Å². The van der Waals surface area contributed by atoms with Crippen LogP contribution >= 0.6 is 36.6 Å². The zero-order chi connectivity index (χ0) is 17.5. The molecule has 1 heterocycles. The standard InChI is InChI=1S/C19H22N4OS.2ClH/c1-20-11-6-12-21-18(24)15-8-3-2-7-14(15)13-25-19-22-16-9-4-5-10-17(16)23-19;;/h2-5,7-10,20H,6,11-13H2,1H3,(H,21,24)(H,22,23);2*1H. The normalized spacial score (nSPS) is 10.1. The first-order valence-corrected chi connectivity index (χ1v) is 9.35. The van der Waals surface area contributed by atoms with Crippen molar-refractivity contribution in [2.24, 2.45) is 0 Å². The van der Waals surface area contributed by atoms with Gasteiger partial charge in [-0.3, -0.25) is 4.79 Å². The predicted molar refractivity (Wildman–Crippen MR) is 117 cm³/mol. The van der Waals surface area contributed by atoms with Gasteiger partial charge in [0.15, 0.2) is 5.16 Å². The number of hydrogen-bond acceptors (Lipinski definition) is 4. The minimum Gasteiger partial charge on any atom is -0.352 e. The summed E-state index contributed by atoms with van der Waals surface area (Å²) in [7, 11) is 1.91. The second kappa shape index (κ2) is 11.9. The van der Waals surface area contributed by atoms with Crippen molar-refractivity contribution in [3.05, 3.63) is 59.7 Å². The molecule has 8 heteroatoms. The molecule has 2 aromatic carbocycles. The van der Waals surface area contributed by atoms with Gasteiger partial charge in [0.25, 0.3) is 5.91 Å². The molecule has 0 aliphatic carbocycles. The fraction of sp³-hybridized carbons (Fsp3) is 0.263. The molecule has 146 valence electrons. The van der Waals surface area contributed by atoms with Crippen LogP contribution < -0.4 is 10.6 Å². The maximum Gasteiger partial charge on any atom is 0.251 e. The lowest BCUT2D eigenvalue weighted by Crippen LogP contribution is -2.27. The number of halogens is 2. The van der Waals surface area contributed by atoms with Gasteiger partial charge in [0.05, 0.1) is 11.0 Å². The Morgan fingerprint density at radius 2 is 1.81 bits per heavy atom. The SMILES string of the molecule is CNCCCNC(=O)c1ccccc1CSc1nc2ccccc2[nH]1.Cl.Cl. The van der Waals surface area contributed by atoms with Gasteiger partial charge in [0.1, 0.15) is 0 Å². The third-order valence-electron chi connectivity index (χ3n) is 3.88. The second-order valence-corrected chi connectivity index (χ2v) is 6.68. The van der Waals surface area contributed by atoms with Crippen LogP contribution in [0.3, 0.4) is 0 Å². The van der Waals surface area contributed by atoms with Gasteiger partial charge < -0.3 is 15.6 Å². The van der Waals surface area contributed by atoms with Gasteiger partial charge in [-0.15, -0.1) is 24.8 Å². The first-order chi connectivity index (χ1) is 12.3. The Hall–Kier alpha value is -1.73. The van der Waals surface area contributed by atoms with Crippen molar-refractivity contribution >= 4 is 53.5 Å². The highest BCUT2D eigenvalue weighted by Crippen LogP contribution is 2.24. The zero-order valence-electron chi connectivity index (χ0n) is 15.0. The van der Waals surface area contributed by atoms with Crippen LogP contribution in [0.5, 0.6) is 0 Å². The lowest BCUT2D eigenvalue weighted by Gasteiger charge is -2.09. The van der Waals surface area contributed by atoms with Gasteiger partial charge in [-0.25, -0.2) is 4.98 Å². The summed E-state index contributed by atoms with van der Waals surface area (Å²) >= 11 is 1.61. The van der Waals surface area contributed by atoms with Crippen molar-refractivity contribution < 1.29 is 4.79 Å². The molecule has 0 spiro atoms. The number of rotatable bonds is 8. The largest absolute Gasteiger partial charge is 0.352 e. The summed E-state index contributed by atoms with van der Waals surface area (Å²) in [6.45, 7) is 1.56. The monoisotopic (exact) mass is 426 g/mol. The molecule has 0 aliphatic rings. The molecule has 0 aliphatic heterocycles. The number of H-pyrrole nitrogens is 1. The van der Waals surface area contributed by atoms with Crippen molar-refractivity contribution in [2.45, 2.75) is 17.3 Å². The van der Waals surface area contributed by atoms with Gasteiger partial charge in [0, 0.05) is 17.9 Å². The Labute approximate surface area is 175 Å². The number of nitrogens with one attached hydrogen (secondary N) is 3. The Balaban J connectivity index is 0.00000182. The highest BCUT2D eigenvalue weighted by Gasteiger charge is 2.11. The number of imidazole rings is 1. The van der Waals surface area contributed by atoms with Crippen molar-refractivity contribution in [2.75, 3.05) is 20.1 Å². The van der Waals surface area contributed by atoms with Crippen molar-refractivity contribution in [1.82, 2.24) is 20.6 Å². The van der Waals surface area contributed by atoms with Gasteiger partial charge in [-0.1, -0.05) is 42.1 Å². The molecule has 27 heavy (non-hydrogen) atoms. The molecule has 0 saturated carbocycles. The first-order valence-electron chi connectivity index (χ1n) is 8.36. The highest BCUT2D eigenvalue weighted by atomic mass is 35.5. The van der Waals surface area contributed by atoms with Crippen LogP contribution in [0.1, 0.15) is 22.3 Å². The average molecular weight is 427 g/mol. The Bertz CT molecular complexity index is 823. The van der Waals surface area contributed by atoms with Crippen molar-refractivity contribution in [3.8, 4) is 0 Å². The molecule has 0 saturated heterocycles. The van der Waals surface area contributed by atoms with E-state index in [9.17, 15) is 4.79 Å². The number of carbonyl (C=O) groups is 1. The molecule has 3 rings (SSSR count). The zero-order valence-corrected chi connectivity index (χ0v) is 17.5. The number of fused-ring (bicyclic) bond motifs is 1. The summed E-state index contributed by atoms with van der Waals surface area (Å²) in [6.07, 6.45) is 0.915. The third kappa shape index (κ3) is 6.43. The summed E-state index contributed by atoms with van der Waals surface area (Å²) in [5, 5.41) is 6.93. The Morgan fingerprint density at radius 3 is 2.59 bits per heavy atom. The summed E-state index contributed by atoms with van der Waals surface area (Å²) < 4.78 is 0. The summed E-state index contributed by atoms with van der Waals surface area (Å²) in [4.78, 5) is 20.3. The lowest BCUT2D eigenvalue weighted by molar-refractivity contribution is 0.0952. The van der Waals surface area contributed by atoms with Crippen LogP contribution in [-0.2, 0) is 5.75 Å². The molecule has 1 aromatic heterocycles. The smallest absolute Gasteiger partial charge is 0.251 e. The number of aromatic amines is 1. The van der Waals surface area contributed by atoms with Crippen LogP contribution in [0.15, 0.2) is 53.7 Å². The molecule has 0 atom stereocenters. The molecule has 0 radical (unpaired) electrons. The van der Waals surface area contributed by atoms with Gasteiger partial charge >= 0.3 is 0 Å². The fourth-order valence-corrected chi connectivity index (χ4v) is 3.46. The molecule has 0 bridgehead atoms. The predicted octanol–water partition coefficient (Wildman–Crippen LogP) is 4.04. The molecule has 5 nitrogen and oxygen atoms in total. The van der Waals surface area contributed by atoms with Gasteiger partial charge in [0.2, 0.25) is 0 Å². The van der Waals surface area contributed by atoms with Crippen molar-refractivity contribution in [3.63, 3.8) is 0 Å². The number of nitrogens with zero attached hydrogens (tertiary/aromatic N) is 1. The van der Waals surface area contributed by atoms with E-state index >= 15 is 0 Å². The minimum atomic E-state index is -0.0168. The Kier molecular flexibility index (Phi) is 10.3. The number of benzene rings is 2. The number of para-hydroxylation sites is 2. The second-order valence-electron chi connectivity index (χ2n) is 5.72. The first kappa shape index (κ1) is 23.3. The number of carbonyl (C=O) groups excluding carboxylic acids is 1. The quantitative estimate of drug-likeness (QED) is 0.375.